The maximum Gasteiger partial charge on any atom is 0.322 e. The zero-order valence-electron chi connectivity index (χ0n) is 12.8. The van der Waals surface area contributed by atoms with Crippen LogP contribution < -0.4 is 5.32 Å². The second kappa shape index (κ2) is 6.02. The number of aromatic nitrogens is 1. The minimum atomic E-state index is -0.00171. The highest BCUT2D eigenvalue weighted by atomic mass is 16.5. The zero-order valence-corrected chi connectivity index (χ0v) is 12.8. The number of carbonyl (C=O) groups excluding carboxylic acids is 1. The van der Waals surface area contributed by atoms with Crippen molar-refractivity contribution in [2.75, 3.05) is 25.1 Å². The first-order valence-corrected chi connectivity index (χ1v) is 7.73. The third kappa shape index (κ3) is 3.53. The number of pyridine rings is 1. The van der Waals surface area contributed by atoms with Crippen LogP contribution in [0.15, 0.2) is 12.1 Å². The van der Waals surface area contributed by atoms with Crippen LogP contribution in [-0.4, -0.2) is 41.7 Å². The molecule has 2 amide bonds. The molecule has 2 aliphatic rings. The summed E-state index contributed by atoms with van der Waals surface area (Å²) in [6.45, 7) is 6.28. The number of anilines is 1. The summed E-state index contributed by atoms with van der Waals surface area (Å²) in [7, 11) is 0. The van der Waals surface area contributed by atoms with Crippen molar-refractivity contribution in [2.24, 2.45) is 5.92 Å². The first-order chi connectivity index (χ1) is 10.1. The summed E-state index contributed by atoms with van der Waals surface area (Å²) in [6.07, 6.45) is 3.29. The molecule has 1 aliphatic heterocycles. The third-order valence-corrected chi connectivity index (χ3v) is 4.19. The zero-order chi connectivity index (χ0) is 14.8. The highest BCUT2D eigenvalue weighted by molar-refractivity contribution is 5.90. The number of hydrogen-bond acceptors (Lipinski definition) is 3. The summed E-state index contributed by atoms with van der Waals surface area (Å²) in [5.41, 5.74) is 2.63. The van der Waals surface area contributed by atoms with Crippen molar-refractivity contribution in [3.63, 3.8) is 0 Å². The molecule has 1 aromatic rings. The van der Waals surface area contributed by atoms with Gasteiger partial charge in [0.25, 0.3) is 0 Å². The van der Waals surface area contributed by atoms with E-state index in [0.717, 1.165) is 56.1 Å². The molecule has 21 heavy (non-hydrogen) atoms. The number of rotatable bonds is 4. The van der Waals surface area contributed by atoms with Gasteiger partial charge in [-0.25, -0.2) is 4.79 Å². The van der Waals surface area contributed by atoms with E-state index in [-0.39, 0.29) is 6.03 Å². The minimum Gasteiger partial charge on any atom is -0.381 e. The molecule has 1 saturated carbocycles. The van der Waals surface area contributed by atoms with Crippen LogP contribution >= 0.6 is 0 Å². The molecule has 1 aliphatic carbocycles. The molecule has 1 atom stereocenters. The monoisotopic (exact) mass is 289 g/mol. The van der Waals surface area contributed by atoms with Crippen molar-refractivity contribution in [3.8, 4) is 0 Å². The molecule has 1 N–H and O–H groups in total. The number of aryl methyl sites for hydroxylation is 2. The number of ether oxygens (including phenoxy) is 1. The standard InChI is InChI=1S/C16H23N3O2/c1-11-3-6-15(12(2)17-11)18-16(20)19(14-4-5-14)9-13-7-8-21-10-13/h3,6,13-14H,4-5,7-10H2,1-2H3,(H,18,20). The van der Waals surface area contributed by atoms with E-state index in [9.17, 15) is 4.79 Å². The Morgan fingerprint density at radius 2 is 2.19 bits per heavy atom. The largest absolute Gasteiger partial charge is 0.381 e. The molecule has 5 nitrogen and oxygen atoms in total. The lowest BCUT2D eigenvalue weighted by atomic mass is 10.1. The Bertz CT molecular complexity index is 522. The Morgan fingerprint density at radius 1 is 1.38 bits per heavy atom. The summed E-state index contributed by atoms with van der Waals surface area (Å²) in [5.74, 6) is 0.480. The Morgan fingerprint density at radius 3 is 2.81 bits per heavy atom. The molecule has 114 valence electrons. The van der Waals surface area contributed by atoms with Gasteiger partial charge in [-0.3, -0.25) is 4.98 Å². The van der Waals surface area contributed by atoms with Gasteiger partial charge >= 0.3 is 6.03 Å². The van der Waals surface area contributed by atoms with Crippen LogP contribution in [0.3, 0.4) is 0 Å². The second-order valence-electron chi connectivity index (χ2n) is 6.13. The maximum absolute atomic E-state index is 12.6. The molecule has 1 aromatic heterocycles. The van der Waals surface area contributed by atoms with Gasteiger partial charge in [0.2, 0.25) is 0 Å². The van der Waals surface area contributed by atoms with E-state index in [1.807, 2.05) is 30.9 Å². The Hall–Kier alpha value is -1.62. The third-order valence-electron chi connectivity index (χ3n) is 4.19. The van der Waals surface area contributed by atoms with E-state index in [1.54, 1.807) is 0 Å². The van der Waals surface area contributed by atoms with Crippen LogP contribution in [0.25, 0.3) is 0 Å². The lowest BCUT2D eigenvalue weighted by Gasteiger charge is -2.25. The lowest BCUT2D eigenvalue weighted by Crippen LogP contribution is -2.40. The fraction of sp³-hybridized carbons (Fsp3) is 0.625. The SMILES string of the molecule is Cc1ccc(NC(=O)N(CC2CCOC2)C2CC2)c(C)n1. The fourth-order valence-corrected chi connectivity index (χ4v) is 2.80. The number of nitrogens with one attached hydrogen (secondary N) is 1. The van der Waals surface area contributed by atoms with Gasteiger partial charge in [0, 0.05) is 30.8 Å². The van der Waals surface area contributed by atoms with Crippen LogP contribution in [0.4, 0.5) is 10.5 Å². The summed E-state index contributed by atoms with van der Waals surface area (Å²) in [5, 5.41) is 3.02. The van der Waals surface area contributed by atoms with E-state index in [4.69, 9.17) is 4.74 Å². The van der Waals surface area contributed by atoms with Gasteiger partial charge in [-0.2, -0.15) is 0 Å². The van der Waals surface area contributed by atoms with Gasteiger partial charge in [-0.05, 0) is 45.2 Å². The molecule has 5 heteroatoms. The Kier molecular flexibility index (Phi) is 4.10. The van der Waals surface area contributed by atoms with Crippen LogP contribution in [-0.2, 0) is 4.74 Å². The summed E-state index contributed by atoms with van der Waals surface area (Å²) < 4.78 is 5.42. The number of amides is 2. The quantitative estimate of drug-likeness (QED) is 0.927. The molecule has 3 rings (SSSR count). The molecule has 2 heterocycles. The van der Waals surface area contributed by atoms with Crippen LogP contribution in [0.2, 0.25) is 0 Å². The average Bonchev–Trinajstić information content (AvgIpc) is 3.16. The van der Waals surface area contributed by atoms with Gasteiger partial charge in [-0.15, -0.1) is 0 Å². The molecule has 2 fully saturated rings. The van der Waals surface area contributed by atoms with E-state index in [2.05, 4.69) is 10.3 Å². The Balaban J connectivity index is 1.66. The van der Waals surface area contributed by atoms with Gasteiger partial charge in [0.15, 0.2) is 0 Å². The number of urea groups is 1. The molecule has 1 saturated heterocycles. The van der Waals surface area contributed by atoms with Crippen molar-refractivity contribution < 1.29 is 9.53 Å². The summed E-state index contributed by atoms with van der Waals surface area (Å²) in [4.78, 5) is 18.9. The average molecular weight is 289 g/mol. The predicted molar refractivity (Wildman–Crippen MR) is 81.4 cm³/mol. The predicted octanol–water partition coefficient (Wildman–Crippen LogP) is 2.73. The van der Waals surface area contributed by atoms with E-state index in [0.29, 0.717) is 12.0 Å². The second-order valence-corrected chi connectivity index (χ2v) is 6.13. The number of hydrogen-bond donors (Lipinski definition) is 1. The molecular weight excluding hydrogens is 266 g/mol. The molecule has 0 spiro atoms. The normalized spacial score (nSPS) is 21.3. The molecule has 0 aromatic carbocycles. The van der Waals surface area contributed by atoms with Crippen molar-refractivity contribution in [1.82, 2.24) is 9.88 Å². The molecule has 0 bridgehead atoms. The summed E-state index contributed by atoms with van der Waals surface area (Å²) in [6, 6.07) is 4.26. The van der Waals surface area contributed by atoms with Crippen LogP contribution in [0, 0.1) is 19.8 Å². The summed E-state index contributed by atoms with van der Waals surface area (Å²) >= 11 is 0. The van der Waals surface area contributed by atoms with Crippen molar-refractivity contribution in [1.29, 1.82) is 0 Å². The van der Waals surface area contributed by atoms with Crippen molar-refractivity contribution in [2.45, 2.75) is 39.2 Å². The Labute approximate surface area is 125 Å². The van der Waals surface area contributed by atoms with Gasteiger partial charge < -0.3 is 15.0 Å². The highest BCUT2D eigenvalue weighted by Crippen LogP contribution is 2.29. The molecule has 0 radical (unpaired) electrons. The van der Waals surface area contributed by atoms with Crippen LogP contribution in [0.5, 0.6) is 0 Å². The van der Waals surface area contributed by atoms with Gasteiger partial charge in [-0.1, -0.05) is 0 Å². The first-order valence-electron chi connectivity index (χ1n) is 7.73. The lowest BCUT2D eigenvalue weighted by molar-refractivity contribution is 0.167. The maximum atomic E-state index is 12.6. The van der Waals surface area contributed by atoms with E-state index in [1.165, 1.54) is 0 Å². The van der Waals surface area contributed by atoms with Crippen molar-refractivity contribution in [3.05, 3.63) is 23.5 Å². The first kappa shape index (κ1) is 14.3. The van der Waals surface area contributed by atoms with Crippen LogP contribution in [0.1, 0.15) is 30.7 Å². The highest BCUT2D eigenvalue weighted by Gasteiger charge is 2.35. The van der Waals surface area contributed by atoms with E-state index >= 15 is 0 Å². The number of carbonyl (C=O) groups is 1. The molecular formula is C16H23N3O2. The van der Waals surface area contributed by atoms with Gasteiger partial charge in [0.05, 0.1) is 18.0 Å². The van der Waals surface area contributed by atoms with Crippen molar-refractivity contribution >= 4 is 11.7 Å². The van der Waals surface area contributed by atoms with E-state index < -0.39 is 0 Å². The topological polar surface area (TPSA) is 54.5 Å². The fourth-order valence-electron chi connectivity index (χ4n) is 2.80. The van der Waals surface area contributed by atoms with Gasteiger partial charge in [0.1, 0.15) is 0 Å². The number of nitrogens with zero attached hydrogens (tertiary/aromatic N) is 2. The molecule has 1 unspecified atom stereocenters. The smallest absolute Gasteiger partial charge is 0.322 e. The minimum absolute atomic E-state index is 0.00171.